The van der Waals surface area contributed by atoms with Crippen LogP contribution in [0.3, 0.4) is 0 Å². The van der Waals surface area contributed by atoms with Crippen LogP contribution < -0.4 is 4.90 Å². The van der Waals surface area contributed by atoms with E-state index in [4.69, 9.17) is 9.26 Å². The molecule has 9 nitrogen and oxygen atoms in total. The number of benzene rings is 1. The lowest BCUT2D eigenvalue weighted by Crippen LogP contribution is -2.62. The number of ether oxygens (including phenoxy) is 1. The molecule has 2 unspecified atom stereocenters. The maximum Gasteiger partial charge on any atom is 0.303 e. The number of carboxylic acid groups (broad SMARTS) is 1. The van der Waals surface area contributed by atoms with Crippen LogP contribution in [0.4, 0.5) is 5.69 Å². The fourth-order valence-electron chi connectivity index (χ4n) is 17.5. The number of hydrogen-bond acceptors (Lipinski definition) is 8. The Hall–Kier alpha value is -3.25. The molecule has 1 aromatic rings. The fraction of sp³-hybridized carbons (Fsp3) is 0.700. The topological polar surface area (TPSA) is 134 Å². The van der Waals surface area contributed by atoms with Gasteiger partial charge in [0.15, 0.2) is 5.78 Å². The van der Waals surface area contributed by atoms with Crippen LogP contribution in [0, 0.1) is 75.4 Å². The number of nitrogens with zero attached hydrogens (tertiary/aromatic N) is 1. The maximum atomic E-state index is 14.5. The standard InChI is InChI=1S/C60H84NO8P/c1-9-26-60(66)28-25-49-46-19-15-40-33-43(62)18-20-45(40)55(46)47(37-58(49,60)6)39-13-16-42(17-14-39)61(8)29-30-68-44-24-27-57(5)41(34-44)35-52(69-70(67,31-10-2)32-11-3)56-50-22-21-48(38(4)12-23-54(64)65)59(50,7)53(63)36-51(56)57/h10-11,13-14,16-17,33,38,41,44,46-53,56,63,66H,2-3,12,15,18-25,27-32,34-37H2,1,4-8H3,(H,64,65)/t38-,41+,44+,46?,47+,48-,49?,50+,51+,52-,53+,56+,57+,58+,59-,60-/m1/s1. The van der Waals surface area contributed by atoms with Crippen LogP contribution in [-0.2, 0) is 23.4 Å². The lowest BCUT2D eigenvalue weighted by molar-refractivity contribution is -0.204. The number of hydrogen-bond donors (Lipinski definition) is 3. The zero-order valence-corrected chi connectivity index (χ0v) is 44.2. The lowest BCUT2D eigenvalue weighted by atomic mass is 9.43. The Kier molecular flexibility index (Phi) is 14.7. The molecule has 9 rings (SSSR count). The van der Waals surface area contributed by atoms with Crippen molar-refractivity contribution in [2.45, 2.75) is 167 Å². The van der Waals surface area contributed by atoms with E-state index in [9.17, 15) is 29.5 Å². The number of carboxylic acids is 1. The van der Waals surface area contributed by atoms with Crippen molar-refractivity contribution in [3.05, 3.63) is 77.9 Å². The van der Waals surface area contributed by atoms with E-state index >= 15 is 0 Å². The summed E-state index contributed by atoms with van der Waals surface area (Å²) in [6.45, 7) is 20.3. The summed E-state index contributed by atoms with van der Waals surface area (Å²) in [6.07, 6.45) is 18.3. The number of anilines is 1. The summed E-state index contributed by atoms with van der Waals surface area (Å²) in [5.74, 6) is 8.03. The number of carbonyl (C=O) groups is 2. The smallest absolute Gasteiger partial charge is 0.303 e. The van der Waals surface area contributed by atoms with E-state index in [0.29, 0.717) is 62.4 Å². The van der Waals surface area contributed by atoms with Crippen LogP contribution in [0.15, 0.2) is 72.4 Å². The first-order chi connectivity index (χ1) is 33.3. The number of aliphatic carboxylic acids is 1. The lowest BCUT2D eigenvalue weighted by Gasteiger charge is -2.64. The van der Waals surface area contributed by atoms with E-state index in [1.165, 1.54) is 22.3 Å². The molecule has 382 valence electrons. The van der Waals surface area contributed by atoms with Gasteiger partial charge in [0, 0.05) is 55.8 Å². The highest BCUT2D eigenvalue weighted by Gasteiger charge is 2.67. The van der Waals surface area contributed by atoms with Gasteiger partial charge >= 0.3 is 5.97 Å². The second-order valence-corrected chi connectivity index (χ2v) is 27.0. The van der Waals surface area contributed by atoms with Gasteiger partial charge in [-0.25, -0.2) is 0 Å². The average molecular weight is 978 g/mol. The minimum Gasteiger partial charge on any atom is -0.481 e. The monoisotopic (exact) mass is 978 g/mol. The number of likely N-dealkylation sites (N-methyl/N-ethyl adjacent to an activating group) is 1. The van der Waals surface area contributed by atoms with Gasteiger partial charge in [0.1, 0.15) is 5.60 Å². The van der Waals surface area contributed by atoms with E-state index in [1.54, 1.807) is 12.2 Å². The van der Waals surface area contributed by atoms with Gasteiger partial charge in [-0.3, -0.25) is 14.2 Å². The van der Waals surface area contributed by atoms with Crippen molar-refractivity contribution < 1.29 is 38.7 Å². The van der Waals surface area contributed by atoms with Gasteiger partial charge in [-0.1, -0.05) is 63.5 Å². The van der Waals surface area contributed by atoms with Crippen LogP contribution in [-0.4, -0.2) is 83.5 Å². The predicted octanol–water partition coefficient (Wildman–Crippen LogP) is 11.9. The largest absolute Gasteiger partial charge is 0.481 e. The molecule has 0 radical (unpaired) electrons. The average Bonchev–Trinajstić information content (AvgIpc) is 3.81. The number of aliphatic hydroxyl groups is 2. The van der Waals surface area contributed by atoms with Gasteiger partial charge in [-0.15, -0.1) is 19.1 Å². The SMILES string of the molecule is C=CCP(=O)(CC=C)O[C@@H]1C[C@@H]2C[C@@H](OCCN(C)c3ccc([C@@H]4C[C@@]5(C)C(CC[C@]5(O)C#CC)C5CCC6=CC(=O)CCC6=C54)cc3)CC[C@]2(C)[C@H]2C[C@H](O)[C@]3(C)[C@@H]([C@H](C)CCC(=O)O)CC[C@H]3[C@H]12. The number of carbonyl (C=O) groups excluding carboxylic acids is 1. The molecule has 8 aliphatic carbocycles. The normalized spacial score (nSPS) is 40.2. The minimum absolute atomic E-state index is 0.0175. The molecule has 8 aliphatic rings. The van der Waals surface area contributed by atoms with Crippen LogP contribution in [0.5, 0.6) is 0 Å². The third kappa shape index (κ3) is 8.92. The van der Waals surface area contributed by atoms with E-state index in [0.717, 1.165) is 82.9 Å². The first-order valence-electron chi connectivity index (χ1n) is 27.3. The summed E-state index contributed by atoms with van der Waals surface area (Å²) in [6, 6.07) is 9.09. The fourth-order valence-corrected chi connectivity index (χ4v) is 19.4. The van der Waals surface area contributed by atoms with Crippen molar-refractivity contribution in [1.82, 2.24) is 0 Å². The molecule has 0 aromatic heterocycles. The van der Waals surface area contributed by atoms with Gasteiger partial charge in [0.2, 0.25) is 7.37 Å². The summed E-state index contributed by atoms with van der Waals surface area (Å²) in [7, 11) is -0.958. The third-order valence-corrected chi connectivity index (χ3v) is 23.5. The Morgan fingerprint density at radius 1 is 0.971 bits per heavy atom. The molecule has 10 heteroatoms. The van der Waals surface area contributed by atoms with Gasteiger partial charge < -0.3 is 29.5 Å². The highest BCUT2D eigenvalue weighted by Crippen LogP contribution is 2.71. The van der Waals surface area contributed by atoms with E-state index in [2.05, 4.69) is 88.9 Å². The zero-order valence-electron chi connectivity index (χ0n) is 43.3. The summed E-state index contributed by atoms with van der Waals surface area (Å²) >= 11 is 0. The summed E-state index contributed by atoms with van der Waals surface area (Å²) < 4.78 is 28.3. The highest BCUT2D eigenvalue weighted by atomic mass is 31.2. The maximum absolute atomic E-state index is 14.5. The summed E-state index contributed by atoms with van der Waals surface area (Å²) in [5, 5.41) is 34.0. The molecule has 1 aromatic carbocycles. The molecule has 0 heterocycles. The molecule has 70 heavy (non-hydrogen) atoms. The number of aliphatic hydroxyl groups excluding tert-OH is 1. The van der Waals surface area contributed by atoms with Crippen LogP contribution in [0.1, 0.15) is 149 Å². The van der Waals surface area contributed by atoms with Crippen molar-refractivity contribution >= 4 is 24.8 Å². The molecular weight excluding hydrogens is 894 g/mol. The van der Waals surface area contributed by atoms with Gasteiger partial charge in [0.05, 0.1) is 24.9 Å². The molecule has 0 spiro atoms. The highest BCUT2D eigenvalue weighted by molar-refractivity contribution is 7.59. The molecule has 6 fully saturated rings. The molecule has 0 saturated heterocycles. The summed E-state index contributed by atoms with van der Waals surface area (Å²) in [4.78, 5) is 26.5. The first kappa shape index (κ1) is 51.6. The van der Waals surface area contributed by atoms with Crippen molar-refractivity contribution in [2.75, 3.05) is 37.4 Å². The van der Waals surface area contributed by atoms with E-state index in [-0.39, 0.29) is 76.2 Å². The Labute approximate surface area is 419 Å². The Morgan fingerprint density at radius 2 is 1.71 bits per heavy atom. The van der Waals surface area contributed by atoms with E-state index in [1.807, 2.05) is 13.0 Å². The second-order valence-electron chi connectivity index (χ2n) is 24.4. The minimum atomic E-state index is -3.10. The predicted molar refractivity (Wildman–Crippen MR) is 279 cm³/mol. The van der Waals surface area contributed by atoms with Gasteiger partial charge in [-0.2, -0.15) is 0 Å². The quantitative estimate of drug-likeness (QED) is 0.0841. The second kappa shape index (κ2) is 19.9. The van der Waals surface area contributed by atoms with Crippen molar-refractivity contribution in [2.24, 2.45) is 63.6 Å². The third-order valence-electron chi connectivity index (χ3n) is 21.2. The Balaban J connectivity index is 0.891. The Bertz CT molecular complexity index is 2350. The van der Waals surface area contributed by atoms with Crippen LogP contribution in [0.25, 0.3) is 0 Å². The van der Waals surface area contributed by atoms with Crippen LogP contribution in [0.2, 0.25) is 0 Å². The van der Waals surface area contributed by atoms with Gasteiger partial charge in [-0.05, 0) is 190 Å². The zero-order chi connectivity index (χ0) is 50.0. The number of rotatable bonds is 16. The molecule has 6 saturated carbocycles. The molecular formula is C60H84NO8P. The van der Waals surface area contributed by atoms with Crippen molar-refractivity contribution in [1.29, 1.82) is 0 Å². The molecule has 0 amide bonds. The summed E-state index contributed by atoms with van der Waals surface area (Å²) in [5.41, 5.74) is 4.90. The van der Waals surface area contributed by atoms with Crippen molar-refractivity contribution in [3.63, 3.8) is 0 Å². The van der Waals surface area contributed by atoms with Crippen LogP contribution >= 0.6 is 7.37 Å². The molecule has 0 aliphatic heterocycles. The van der Waals surface area contributed by atoms with E-state index < -0.39 is 25.0 Å². The first-order valence-corrected chi connectivity index (χ1v) is 29.3. The molecule has 16 atom stereocenters. The number of ketones is 1. The van der Waals surface area contributed by atoms with Gasteiger partial charge in [0.25, 0.3) is 0 Å². The molecule has 3 N–H and O–H groups in total. The van der Waals surface area contributed by atoms with Crippen molar-refractivity contribution in [3.8, 4) is 11.8 Å². The number of allylic oxidation sites excluding steroid dienone is 6. The molecule has 0 bridgehead atoms. The number of fused-ring (bicyclic) bond motifs is 9. The Morgan fingerprint density at radius 3 is 2.41 bits per heavy atom.